The van der Waals surface area contributed by atoms with Gasteiger partial charge in [0.05, 0.1) is 0 Å². The molecule has 1 saturated carbocycles. The van der Waals surface area contributed by atoms with Crippen molar-refractivity contribution in [3.8, 4) is 0 Å². The molecule has 0 aromatic rings. The van der Waals surface area contributed by atoms with E-state index in [-0.39, 0.29) is 0 Å². The Kier molecular flexibility index (Phi) is 1.62. The van der Waals surface area contributed by atoms with Gasteiger partial charge in [-0.3, -0.25) is 4.79 Å². The molecular weight excluding hydrogens is 164 g/mol. The van der Waals surface area contributed by atoms with Crippen LogP contribution < -0.4 is 5.32 Å². The van der Waals surface area contributed by atoms with Gasteiger partial charge in [-0.15, -0.1) is 0 Å². The van der Waals surface area contributed by atoms with Gasteiger partial charge < -0.3 is 10.2 Å². The summed E-state index contributed by atoms with van der Waals surface area (Å²) in [5.74, 6) is 1.58. The SMILES string of the molecule is O=C(C1CC1)N1C[C@H]2CNCC1C2. The topological polar surface area (TPSA) is 32.3 Å². The van der Waals surface area contributed by atoms with Crippen LogP contribution in [0.25, 0.3) is 0 Å². The Labute approximate surface area is 78.5 Å². The number of hydrogen-bond donors (Lipinski definition) is 1. The quantitative estimate of drug-likeness (QED) is 0.626. The summed E-state index contributed by atoms with van der Waals surface area (Å²) in [6, 6.07) is 0.520. The van der Waals surface area contributed by atoms with E-state index in [4.69, 9.17) is 0 Å². The third-order valence-electron chi connectivity index (χ3n) is 3.52. The van der Waals surface area contributed by atoms with Crippen LogP contribution in [0, 0.1) is 11.8 Å². The molecule has 1 unspecified atom stereocenters. The lowest BCUT2D eigenvalue weighted by Gasteiger charge is -2.24. The predicted octanol–water partition coefficient (Wildman–Crippen LogP) is 0.217. The highest BCUT2D eigenvalue weighted by Crippen LogP contribution is 2.35. The van der Waals surface area contributed by atoms with Crippen LogP contribution in [0.3, 0.4) is 0 Å². The number of carbonyl (C=O) groups is 1. The normalized spacial score (nSPS) is 38.0. The Morgan fingerprint density at radius 3 is 2.85 bits per heavy atom. The van der Waals surface area contributed by atoms with Crippen molar-refractivity contribution < 1.29 is 4.79 Å². The first-order chi connectivity index (χ1) is 6.34. The van der Waals surface area contributed by atoms with Crippen molar-refractivity contribution in [2.75, 3.05) is 19.6 Å². The second-order valence-electron chi connectivity index (χ2n) is 4.68. The molecule has 2 heterocycles. The molecule has 2 atom stereocenters. The van der Waals surface area contributed by atoms with Crippen molar-refractivity contribution in [2.45, 2.75) is 25.3 Å². The van der Waals surface area contributed by atoms with Gasteiger partial charge in [-0.25, -0.2) is 0 Å². The summed E-state index contributed by atoms with van der Waals surface area (Å²) in [6.07, 6.45) is 3.52. The number of nitrogens with one attached hydrogen (secondary N) is 1. The molecular formula is C10H16N2O. The lowest BCUT2D eigenvalue weighted by atomic mass is 10.0. The molecule has 0 spiro atoms. The van der Waals surface area contributed by atoms with E-state index in [0.717, 1.165) is 38.4 Å². The average Bonchev–Trinajstić information content (AvgIpc) is 2.93. The second kappa shape index (κ2) is 2.71. The van der Waals surface area contributed by atoms with Gasteiger partial charge in [-0.05, 0) is 31.7 Å². The van der Waals surface area contributed by atoms with Gasteiger partial charge in [0.2, 0.25) is 5.91 Å². The van der Waals surface area contributed by atoms with Crippen LogP contribution in [-0.2, 0) is 4.79 Å². The maximum atomic E-state index is 11.8. The van der Waals surface area contributed by atoms with E-state index < -0.39 is 0 Å². The minimum atomic E-state index is 0.402. The van der Waals surface area contributed by atoms with Gasteiger partial charge in [0.15, 0.2) is 0 Å². The van der Waals surface area contributed by atoms with E-state index in [9.17, 15) is 4.79 Å². The molecule has 2 bridgehead atoms. The number of hydrogen-bond acceptors (Lipinski definition) is 2. The van der Waals surface area contributed by atoms with Gasteiger partial charge in [-0.2, -0.15) is 0 Å². The fourth-order valence-electron chi connectivity index (χ4n) is 2.64. The molecule has 1 aliphatic carbocycles. The van der Waals surface area contributed by atoms with Crippen molar-refractivity contribution in [1.82, 2.24) is 10.2 Å². The minimum Gasteiger partial charge on any atom is -0.338 e. The Hall–Kier alpha value is -0.570. The minimum absolute atomic E-state index is 0.402. The molecule has 3 heteroatoms. The van der Waals surface area contributed by atoms with Crippen molar-refractivity contribution in [3.63, 3.8) is 0 Å². The Bertz CT molecular complexity index is 237. The van der Waals surface area contributed by atoms with Crippen LogP contribution in [0.2, 0.25) is 0 Å². The van der Waals surface area contributed by atoms with E-state index >= 15 is 0 Å². The number of carbonyl (C=O) groups excluding carboxylic acids is 1. The number of rotatable bonds is 1. The highest BCUT2D eigenvalue weighted by Gasteiger charge is 2.42. The highest BCUT2D eigenvalue weighted by atomic mass is 16.2. The molecule has 3 nitrogen and oxygen atoms in total. The van der Waals surface area contributed by atoms with Crippen molar-refractivity contribution in [2.24, 2.45) is 11.8 Å². The summed E-state index contributed by atoms with van der Waals surface area (Å²) in [4.78, 5) is 14.0. The molecule has 3 fully saturated rings. The number of amides is 1. The highest BCUT2D eigenvalue weighted by molar-refractivity contribution is 5.81. The second-order valence-corrected chi connectivity index (χ2v) is 4.68. The standard InChI is InChI=1S/C10H16N2O/c13-10(8-1-2-8)12-6-7-3-9(12)5-11-4-7/h7-9,11H,1-6H2/t7-,9?/m1/s1. The van der Waals surface area contributed by atoms with Crippen molar-refractivity contribution in [1.29, 1.82) is 0 Å². The third-order valence-corrected chi connectivity index (χ3v) is 3.52. The molecule has 72 valence electrons. The molecule has 0 aromatic carbocycles. The van der Waals surface area contributed by atoms with Crippen LogP contribution in [0.4, 0.5) is 0 Å². The van der Waals surface area contributed by atoms with Crippen LogP contribution in [0.15, 0.2) is 0 Å². The Balaban J connectivity index is 1.73. The molecule has 2 aliphatic heterocycles. The van der Waals surface area contributed by atoms with Crippen molar-refractivity contribution in [3.05, 3.63) is 0 Å². The Morgan fingerprint density at radius 1 is 1.31 bits per heavy atom. The molecule has 0 radical (unpaired) electrons. The molecule has 1 amide bonds. The largest absolute Gasteiger partial charge is 0.338 e. The number of likely N-dealkylation sites (tertiary alicyclic amines) is 1. The summed E-state index contributed by atoms with van der Waals surface area (Å²) < 4.78 is 0. The summed E-state index contributed by atoms with van der Waals surface area (Å²) in [7, 11) is 0. The van der Waals surface area contributed by atoms with Crippen LogP contribution in [0.1, 0.15) is 19.3 Å². The monoisotopic (exact) mass is 180 g/mol. The van der Waals surface area contributed by atoms with Gasteiger partial charge >= 0.3 is 0 Å². The number of fused-ring (bicyclic) bond motifs is 2. The summed E-state index contributed by atoms with van der Waals surface area (Å²) >= 11 is 0. The molecule has 13 heavy (non-hydrogen) atoms. The predicted molar refractivity (Wildman–Crippen MR) is 49.2 cm³/mol. The zero-order valence-electron chi connectivity index (χ0n) is 7.83. The smallest absolute Gasteiger partial charge is 0.225 e. The van der Waals surface area contributed by atoms with E-state index in [1.807, 2.05) is 0 Å². The third kappa shape index (κ3) is 1.26. The maximum absolute atomic E-state index is 11.8. The van der Waals surface area contributed by atoms with Crippen LogP contribution in [0.5, 0.6) is 0 Å². The number of piperidine rings is 1. The molecule has 0 aromatic heterocycles. The lowest BCUT2D eigenvalue weighted by molar-refractivity contribution is -0.133. The molecule has 3 aliphatic rings. The first-order valence-corrected chi connectivity index (χ1v) is 5.36. The van der Waals surface area contributed by atoms with Crippen molar-refractivity contribution >= 4 is 5.91 Å². The molecule has 1 N–H and O–H groups in total. The van der Waals surface area contributed by atoms with E-state index in [1.165, 1.54) is 6.42 Å². The first-order valence-electron chi connectivity index (χ1n) is 5.36. The van der Waals surface area contributed by atoms with Gasteiger partial charge in [0.1, 0.15) is 0 Å². The fraction of sp³-hybridized carbons (Fsp3) is 0.900. The summed E-state index contributed by atoms with van der Waals surface area (Å²) in [5.41, 5.74) is 0. The first kappa shape index (κ1) is 7.80. The lowest BCUT2D eigenvalue weighted by Crippen LogP contribution is -2.42. The maximum Gasteiger partial charge on any atom is 0.225 e. The summed E-state index contributed by atoms with van der Waals surface area (Å²) in [6.45, 7) is 3.16. The van der Waals surface area contributed by atoms with Gasteiger partial charge in [0.25, 0.3) is 0 Å². The Morgan fingerprint density at radius 2 is 2.15 bits per heavy atom. The zero-order valence-corrected chi connectivity index (χ0v) is 7.83. The zero-order chi connectivity index (χ0) is 8.84. The van der Waals surface area contributed by atoms with Gasteiger partial charge in [-0.1, -0.05) is 0 Å². The number of nitrogens with zero attached hydrogens (tertiary/aromatic N) is 1. The van der Waals surface area contributed by atoms with Crippen LogP contribution >= 0.6 is 0 Å². The van der Waals surface area contributed by atoms with Crippen LogP contribution in [-0.4, -0.2) is 36.5 Å². The van der Waals surface area contributed by atoms with Gasteiger partial charge in [0, 0.05) is 25.0 Å². The van der Waals surface area contributed by atoms with E-state index in [2.05, 4.69) is 10.2 Å². The molecule has 2 saturated heterocycles. The summed E-state index contributed by atoms with van der Waals surface area (Å²) in [5, 5.41) is 3.40. The average molecular weight is 180 g/mol. The fourth-order valence-corrected chi connectivity index (χ4v) is 2.64. The van der Waals surface area contributed by atoms with E-state index in [0.29, 0.717) is 17.9 Å². The molecule has 3 rings (SSSR count). The van der Waals surface area contributed by atoms with E-state index in [1.54, 1.807) is 0 Å².